The summed E-state index contributed by atoms with van der Waals surface area (Å²) in [4.78, 5) is 50.7. The molecule has 0 spiro atoms. The molecule has 12 nitrogen and oxygen atoms in total. The van der Waals surface area contributed by atoms with Crippen molar-refractivity contribution in [3.8, 4) is 11.1 Å². The lowest BCUT2D eigenvalue weighted by molar-refractivity contribution is -0.154. The fourth-order valence-corrected chi connectivity index (χ4v) is 3.93. The Balaban J connectivity index is 1.87. The van der Waals surface area contributed by atoms with Crippen LogP contribution in [0.15, 0.2) is 60.7 Å². The molecule has 236 valence electrons. The zero-order chi connectivity index (χ0) is 32.4. The van der Waals surface area contributed by atoms with Crippen molar-refractivity contribution in [2.75, 3.05) is 13.2 Å². The zero-order valence-electron chi connectivity index (χ0n) is 25.7. The van der Waals surface area contributed by atoms with Gasteiger partial charge in [-0.3, -0.25) is 19.4 Å². The second-order valence-corrected chi connectivity index (χ2v) is 11.2. The maximum atomic E-state index is 13.9. The van der Waals surface area contributed by atoms with Crippen LogP contribution in [-0.2, 0) is 32.3 Å². The normalized spacial score (nSPS) is 12.6. The number of ketones is 1. The van der Waals surface area contributed by atoms with Crippen LogP contribution in [0.4, 0.5) is 0 Å². The van der Waals surface area contributed by atoms with Gasteiger partial charge in [0.05, 0.1) is 19.7 Å². The van der Waals surface area contributed by atoms with Gasteiger partial charge in [-0.05, 0) is 28.5 Å². The highest BCUT2D eigenvalue weighted by atomic mass is 16.6. The van der Waals surface area contributed by atoms with Crippen molar-refractivity contribution < 1.29 is 33.8 Å². The van der Waals surface area contributed by atoms with Gasteiger partial charge in [0.25, 0.3) is 5.91 Å². The first-order chi connectivity index (χ1) is 20.9. The molecule has 0 unspecified atom stereocenters. The van der Waals surface area contributed by atoms with Gasteiger partial charge in [0.2, 0.25) is 0 Å². The van der Waals surface area contributed by atoms with Crippen LogP contribution >= 0.6 is 0 Å². The number of Topliss-reactive ketones (excluding diaryl/α,β-unsaturated/α-hetero) is 1. The summed E-state index contributed by atoms with van der Waals surface area (Å²) in [5.74, 6) is -2.67. The number of aromatic nitrogens is 2. The number of hydrogen-bond acceptors (Lipinski definition) is 10. The number of hydrazine groups is 1. The number of hydrogen-bond donors (Lipinski definition) is 3. The molecule has 1 aromatic heterocycles. The summed E-state index contributed by atoms with van der Waals surface area (Å²) in [6.07, 6.45) is -1.55. The molecule has 0 aliphatic rings. The highest BCUT2D eigenvalue weighted by molar-refractivity contribution is 5.97. The molecule has 2 aromatic carbocycles. The Hall–Kier alpha value is -4.39. The summed E-state index contributed by atoms with van der Waals surface area (Å²) >= 11 is 0. The molecule has 1 amide bonds. The van der Waals surface area contributed by atoms with Crippen LogP contribution in [0.5, 0.6) is 0 Å². The summed E-state index contributed by atoms with van der Waals surface area (Å²) in [5.41, 5.74) is 11.4. The quantitative estimate of drug-likeness (QED) is 0.133. The Bertz CT molecular complexity index is 1420. The number of nitrogens with zero attached hydrogens (tertiary/aromatic N) is 3. The van der Waals surface area contributed by atoms with Gasteiger partial charge in [-0.25, -0.2) is 14.9 Å². The number of aliphatic hydroxyl groups is 1. The minimum absolute atomic E-state index is 0.0120. The van der Waals surface area contributed by atoms with Gasteiger partial charge >= 0.3 is 11.9 Å². The van der Waals surface area contributed by atoms with E-state index in [2.05, 4.69) is 10.5 Å². The van der Waals surface area contributed by atoms with Crippen molar-refractivity contribution in [2.45, 2.75) is 60.0 Å². The van der Waals surface area contributed by atoms with E-state index in [0.717, 1.165) is 21.4 Å². The summed E-state index contributed by atoms with van der Waals surface area (Å²) in [7, 11) is 0. The van der Waals surface area contributed by atoms with Gasteiger partial charge in [0.15, 0.2) is 18.6 Å². The van der Waals surface area contributed by atoms with Gasteiger partial charge in [-0.2, -0.15) is 5.10 Å². The zero-order valence-corrected chi connectivity index (χ0v) is 25.7. The molecule has 0 bridgehead atoms. The van der Waals surface area contributed by atoms with Crippen molar-refractivity contribution >= 4 is 23.6 Å². The third-order valence-corrected chi connectivity index (χ3v) is 6.63. The van der Waals surface area contributed by atoms with E-state index < -0.39 is 42.5 Å². The van der Waals surface area contributed by atoms with Crippen molar-refractivity contribution in [1.29, 1.82) is 0 Å². The standard InChI is InChI=1S/C32H41N5O7/c1-20(2)18-43-31(41)28(39)16-34-36(17-23-11-13-25(14-12-23)24-9-7-6-8-10-24)30(40)27-15-26(22(5)38)35-37(27)19-44-32(42)29(33)21(3)4/h6-15,20-21,28-29,34,39H,16-19,33H2,1-5H3/t28-,29+/m1/s1. The van der Waals surface area contributed by atoms with Crippen LogP contribution in [0.3, 0.4) is 0 Å². The number of rotatable bonds is 15. The van der Waals surface area contributed by atoms with Crippen molar-refractivity contribution in [2.24, 2.45) is 17.6 Å². The summed E-state index contributed by atoms with van der Waals surface area (Å²) < 4.78 is 11.5. The SMILES string of the molecule is CC(=O)c1cc(C(=O)N(Cc2ccc(-c3ccccc3)cc2)NC[C@@H](O)C(=O)OCC(C)C)n(COC(=O)[C@@H](N)C(C)C)n1. The first-order valence-electron chi connectivity index (χ1n) is 14.4. The van der Waals surface area contributed by atoms with E-state index in [0.29, 0.717) is 0 Å². The second-order valence-electron chi connectivity index (χ2n) is 11.2. The molecule has 0 saturated carbocycles. The van der Waals surface area contributed by atoms with E-state index >= 15 is 0 Å². The average Bonchev–Trinajstić information content (AvgIpc) is 3.45. The van der Waals surface area contributed by atoms with Crippen LogP contribution in [0.1, 0.15) is 61.2 Å². The molecule has 0 saturated heterocycles. The minimum atomic E-state index is -1.55. The monoisotopic (exact) mass is 607 g/mol. The Morgan fingerprint density at radius 2 is 1.59 bits per heavy atom. The predicted octanol–water partition coefficient (Wildman–Crippen LogP) is 2.94. The summed E-state index contributed by atoms with van der Waals surface area (Å²) in [5, 5.41) is 15.8. The molecule has 3 aromatic rings. The Labute approximate surface area is 257 Å². The molecule has 0 aliphatic carbocycles. The molecular weight excluding hydrogens is 566 g/mol. The Kier molecular flexibility index (Phi) is 12.3. The van der Waals surface area contributed by atoms with Crippen LogP contribution in [0.25, 0.3) is 11.1 Å². The van der Waals surface area contributed by atoms with Gasteiger partial charge in [0, 0.05) is 13.0 Å². The maximum Gasteiger partial charge on any atom is 0.336 e. The summed E-state index contributed by atoms with van der Waals surface area (Å²) in [6, 6.07) is 17.7. The Morgan fingerprint density at radius 1 is 0.955 bits per heavy atom. The third-order valence-electron chi connectivity index (χ3n) is 6.63. The smallest absolute Gasteiger partial charge is 0.336 e. The molecular formula is C32H41N5O7. The molecule has 0 aliphatic heterocycles. The van der Waals surface area contributed by atoms with E-state index in [1.54, 1.807) is 13.8 Å². The molecule has 12 heteroatoms. The first kappa shape index (κ1) is 34.1. The number of nitrogens with two attached hydrogens (primary N) is 1. The number of ether oxygens (including phenoxy) is 2. The first-order valence-corrected chi connectivity index (χ1v) is 14.4. The predicted molar refractivity (Wildman–Crippen MR) is 163 cm³/mol. The van der Waals surface area contributed by atoms with Crippen LogP contribution < -0.4 is 11.2 Å². The fourth-order valence-electron chi connectivity index (χ4n) is 3.93. The second kappa shape index (κ2) is 15.9. The summed E-state index contributed by atoms with van der Waals surface area (Å²) in [6.45, 7) is 7.93. The fraction of sp³-hybridized carbons (Fsp3) is 0.406. The molecule has 44 heavy (non-hydrogen) atoms. The maximum absolute atomic E-state index is 13.9. The van der Waals surface area contributed by atoms with Gasteiger partial charge < -0.3 is 20.3 Å². The lowest BCUT2D eigenvalue weighted by atomic mass is 10.0. The number of carbonyl (C=O) groups is 4. The largest absolute Gasteiger partial charge is 0.463 e. The molecule has 3 rings (SSSR count). The molecule has 0 fully saturated rings. The van der Waals surface area contributed by atoms with E-state index in [4.69, 9.17) is 15.2 Å². The van der Waals surface area contributed by atoms with Crippen LogP contribution in [-0.4, -0.2) is 68.8 Å². The van der Waals surface area contributed by atoms with Gasteiger partial charge in [0.1, 0.15) is 17.4 Å². The van der Waals surface area contributed by atoms with Crippen molar-refractivity contribution in [3.63, 3.8) is 0 Å². The average molecular weight is 608 g/mol. The number of carbonyl (C=O) groups excluding carboxylic acids is 4. The van der Waals surface area contributed by atoms with E-state index in [-0.39, 0.29) is 42.9 Å². The van der Waals surface area contributed by atoms with Gasteiger partial charge in [-0.1, -0.05) is 82.3 Å². The molecule has 1 heterocycles. The highest BCUT2D eigenvalue weighted by Crippen LogP contribution is 2.20. The number of nitrogens with one attached hydrogen (secondary N) is 1. The van der Waals surface area contributed by atoms with E-state index in [1.165, 1.54) is 18.0 Å². The third kappa shape index (κ3) is 9.56. The Morgan fingerprint density at radius 3 is 2.18 bits per heavy atom. The van der Waals surface area contributed by atoms with E-state index in [1.807, 2.05) is 68.4 Å². The molecule has 4 N–H and O–H groups in total. The molecule has 0 radical (unpaired) electrons. The number of amides is 1. The van der Waals surface area contributed by atoms with E-state index in [9.17, 15) is 24.3 Å². The van der Waals surface area contributed by atoms with Crippen molar-refractivity contribution in [3.05, 3.63) is 77.6 Å². The lowest BCUT2D eigenvalue weighted by Gasteiger charge is -2.25. The van der Waals surface area contributed by atoms with Crippen LogP contribution in [0.2, 0.25) is 0 Å². The van der Waals surface area contributed by atoms with Crippen molar-refractivity contribution in [1.82, 2.24) is 20.2 Å². The minimum Gasteiger partial charge on any atom is -0.463 e. The number of aliphatic hydroxyl groups excluding tert-OH is 1. The topological polar surface area (TPSA) is 166 Å². The van der Waals surface area contributed by atoms with Gasteiger partial charge in [-0.15, -0.1) is 0 Å². The lowest BCUT2D eigenvalue weighted by Crippen LogP contribution is -2.48. The van der Waals surface area contributed by atoms with Crippen LogP contribution in [0, 0.1) is 11.8 Å². The number of esters is 2. The number of benzene rings is 2. The molecule has 2 atom stereocenters. The highest BCUT2D eigenvalue weighted by Gasteiger charge is 2.27.